The van der Waals surface area contributed by atoms with Crippen LogP contribution >= 0.6 is 0 Å². The number of rotatable bonds is 4. The van der Waals surface area contributed by atoms with E-state index >= 15 is 0 Å². The van der Waals surface area contributed by atoms with Gasteiger partial charge in [0.15, 0.2) is 11.6 Å². The molecule has 6 heteroatoms. The van der Waals surface area contributed by atoms with Gasteiger partial charge in [-0.15, -0.1) is 0 Å². The Morgan fingerprint density at radius 3 is 2.49 bits per heavy atom. The van der Waals surface area contributed by atoms with E-state index in [0.29, 0.717) is 22.2 Å². The van der Waals surface area contributed by atoms with Crippen molar-refractivity contribution in [1.29, 1.82) is 0 Å². The van der Waals surface area contributed by atoms with Gasteiger partial charge < -0.3 is 9.88 Å². The minimum Gasteiger partial charge on any atom is -0.357 e. The second kappa shape index (κ2) is 7.76. The highest BCUT2D eigenvalue weighted by atomic mass is 16.1. The largest absolute Gasteiger partial charge is 0.357 e. The Bertz CT molecular complexity index is 1350. The molecule has 0 atom stereocenters. The summed E-state index contributed by atoms with van der Waals surface area (Å²) < 4.78 is 0. The molecule has 1 aliphatic heterocycles. The Morgan fingerprint density at radius 2 is 1.86 bits per heavy atom. The smallest absolute Gasteiger partial charge is 0.197 e. The molecule has 0 amide bonds. The molecule has 2 fully saturated rings. The summed E-state index contributed by atoms with van der Waals surface area (Å²) in [6, 6.07) is 7.70. The molecule has 1 saturated carbocycles. The second-order valence-corrected chi connectivity index (χ2v) is 11.1. The molecule has 2 aromatic heterocycles. The molecule has 3 aromatic rings. The van der Waals surface area contributed by atoms with Gasteiger partial charge in [-0.2, -0.15) is 0 Å². The van der Waals surface area contributed by atoms with E-state index < -0.39 is 0 Å². The predicted octanol–water partition coefficient (Wildman–Crippen LogP) is 5.09. The maximum Gasteiger partial charge on any atom is 0.197 e. The average molecular weight is 471 g/mol. The summed E-state index contributed by atoms with van der Waals surface area (Å²) in [5, 5.41) is 0.870. The Kier molecular flexibility index (Phi) is 4.98. The molecule has 3 aliphatic rings. The molecule has 35 heavy (non-hydrogen) atoms. The third kappa shape index (κ3) is 3.22. The van der Waals surface area contributed by atoms with Crippen molar-refractivity contribution in [2.75, 3.05) is 31.1 Å². The molecule has 0 bridgehead atoms. The van der Waals surface area contributed by atoms with Crippen molar-refractivity contribution in [3.63, 3.8) is 0 Å². The lowest BCUT2D eigenvalue weighted by atomic mass is 9.72. The van der Waals surface area contributed by atoms with Gasteiger partial charge in [0.2, 0.25) is 0 Å². The number of hydrogen-bond acceptors (Lipinski definition) is 5. The Hall–Kier alpha value is -2.99. The van der Waals surface area contributed by atoms with Crippen LogP contribution in [0.15, 0.2) is 30.5 Å². The fourth-order valence-electron chi connectivity index (χ4n) is 6.59. The molecule has 3 heterocycles. The number of carbonyl (C=O) groups excluding carboxylic acids is 2. The van der Waals surface area contributed by atoms with Crippen molar-refractivity contribution >= 4 is 28.3 Å². The van der Waals surface area contributed by atoms with Crippen LogP contribution in [0.5, 0.6) is 0 Å². The summed E-state index contributed by atoms with van der Waals surface area (Å²) in [7, 11) is 0. The van der Waals surface area contributed by atoms with E-state index in [1.807, 2.05) is 18.2 Å². The van der Waals surface area contributed by atoms with Gasteiger partial charge in [-0.1, -0.05) is 32.9 Å². The summed E-state index contributed by atoms with van der Waals surface area (Å²) in [5.74, 6) is 0.987. The average Bonchev–Trinajstić information content (AvgIpc) is 3.23. The van der Waals surface area contributed by atoms with Crippen molar-refractivity contribution in [2.45, 2.75) is 64.3 Å². The number of pyridine rings is 1. The van der Waals surface area contributed by atoms with Gasteiger partial charge in [0, 0.05) is 71.1 Å². The number of carbonyl (C=O) groups is 2. The van der Waals surface area contributed by atoms with Gasteiger partial charge in [-0.25, -0.2) is 4.98 Å². The van der Waals surface area contributed by atoms with Crippen molar-refractivity contribution < 1.29 is 9.59 Å². The summed E-state index contributed by atoms with van der Waals surface area (Å²) >= 11 is 0. The van der Waals surface area contributed by atoms with E-state index in [4.69, 9.17) is 4.98 Å². The number of nitrogens with one attached hydrogen (secondary N) is 1. The number of aromatic amines is 1. The topological polar surface area (TPSA) is 69.3 Å². The lowest BCUT2D eigenvalue weighted by Crippen LogP contribution is -2.60. The van der Waals surface area contributed by atoms with E-state index in [1.54, 1.807) is 13.1 Å². The molecule has 1 saturated heterocycles. The molecule has 182 valence electrons. The second-order valence-electron chi connectivity index (χ2n) is 11.1. The first-order valence-electron chi connectivity index (χ1n) is 13.0. The number of anilines is 1. The zero-order valence-electron chi connectivity index (χ0n) is 21.2. The van der Waals surface area contributed by atoms with Gasteiger partial charge in [-0.3, -0.25) is 14.5 Å². The Balaban J connectivity index is 1.33. The summed E-state index contributed by atoms with van der Waals surface area (Å²) in [6.45, 7) is 12.3. The van der Waals surface area contributed by atoms with Gasteiger partial charge >= 0.3 is 0 Å². The third-order valence-corrected chi connectivity index (χ3v) is 9.08. The number of fused-ring (bicyclic) bond motifs is 4. The van der Waals surface area contributed by atoms with Crippen LogP contribution in [0.2, 0.25) is 0 Å². The van der Waals surface area contributed by atoms with Crippen LogP contribution in [0.4, 0.5) is 5.82 Å². The number of ketones is 2. The highest BCUT2D eigenvalue weighted by molar-refractivity contribution is 6.20. The van der Waals surface area contributed by atoms with Crippen molar-refractivity contribution in [2.24, 2.45) is 0 Å². The Morgan fingerprint density at radius 1 is 1.11 bits per heavy atom. The van der Waals surface area contributed by atoms with Gasteiger partial charge in [-0.05, 0) is 50.3 Å². The predicted molar refractivity (Wildman–Crippen MR) is 139 cm³/mol. The third-order valence-electron chi connectivity index (χ3n) is 9.08. The normalized spacial score (nSPS) is 20.9. The van der Waals surface area contributed by atoms with E-state index in [9.17, 15) is 9.59 Å². The van der Waals surface area contributed by atoms with E-state index in [2.05, 4.69) is 41.6 Å². The van der Waals surface area contributed by atoms with E-state index in [-0.39, 0.29) is 17.0 Å². The van der Waals surface area contributed by atoms with Crippen LogP contribution < -0.4 is 4.90 Å². The molecular weight excluding hydrogens is 436 g/mol. The number of piperazine rings is 1. The maximum atomic E-state index is 13.7. The minimum atomic E-state index is -0.383. The maximum absolute atomic E-state index is 13.7. The number of Topliss-reactive ketones (excluding diaryl/α,β-unsaturated/α-hetero) is 1. The van der Waals surface area contributed by atoms with E-state index in [1.165, 1.54) is 25.7 Å². The van der Waals surface area contributed by atoms with Crippen LogP contribution in [0.3, 0.4) is 0 Å². The molecule has 1 aromatic carbocycles. The number of hydrogen-bond donors (Lipinski definition) is 1. The molecule has 1 N–H and O–H groups in total. The number of H-pyrrole nitrogens is 1. The van der Waals surface area contributed by atoms with Gasteiger partial charge in [0.1, 0.15) is 5.82 Å². The lowest BCUT2D eigenvalue weighted by molar-refractivity contribution is 0.00826. The quantitative estimate of drug-likeness (QED) is 0.538. The van der Waals surface area contributed by atoms with Crippen molar-refractivity contribution in [1.82, 2.24) is 14.9 Å². The molecule has 6 rings (SSSR count). The SMILES string of the molecule is CCC1(N2CCN(c3cc4c(cn3)C(=O)c3c([nH]c5cc(C(C)=O)ccc35)C4(C)C)CC2)CCC1. The monoisotopic (exact) mass is 470 g/mol. The van der Waals surface area contributed by atoms with Gasteiger partial charge in [0.05, 0.1) is 5.56 Å². The molecule has 0 unspecified atom stereocenters. The first-order chi connectivity index (χ1) is 16.7. The van der Waals surface area contributed by atoms with E-state index in [0.717, 1.165) is 54.2 Å². The minimum absolute atomic E-state index is 0.00916. The molecular formula is C29H34N4O2. The van der Waals surface area contributed by atoms with Crippen LogP contribution in [-0.2, 0) is 5.41 Å². The van der Waals surface area contributed by atoms with Crippen molar-refractivity contribution in [3.8, 4) is 0 Å². The molecule has 0 radical (unpaired) electrons. The fraction of sp³-hybridized carbons (Fsp3) is 0.483. The van der Waals surface area contributed by atoms with Crippen LogP contribution in [-0.4, -0.2) is 58.2 Å². The highest BCUT2D eigenvalue weighted by Gasteiger charge is 2.43. The van der Waals surface area contributed by atoms with Gasteiger partial charge in [0.25, 0.3) is 0 Å². The molecule has 0 spiro atoms. The van der Waals surface area contributed by atoms with Crippen LogP contribution in [0, 0.1) is 0 Å². The van der Waals surface area contributed by atoms with Crippen molar-refractivity contribution in [3.05, 3.63) is 58.4 Å². The zero-order valence-corrected chi connectivity index (χ0v) is 21.2. The Labute approximate surface area is 206 Å². The molecule has 6 nitrogen and oxygen atoms in total. The standard InChI is InChI=1S/C29H34N4O2/c1-5-29(9-6-10-29)33-13-11-32(12-14-33)24-16-22-21(17-30-24)26(35)25-20-8-7-19(18(2)34)15-23(20)31-27(25)28(22,3)4/h7-8,15-17,31H,5-6,9-14H2,1-4H3. The zero-order chi connectivity index (χ0) is 24.5. The number of benzene rings is 1. The lowest BCUT2D eigenvalue weighted by Gasteiger charge is -2.53. The molecule has 2 aliphatic carbocycles. The highest BCUT2D eigenvalue weighted by Crippen LogP contribution is 2.45. The van der Waals surface area contributed by atoms with Crippen LogP contribution in [0.1, 0.15) is 90.9 Å². The number of aromatic nitrogens is 2. The summed E-state index contributed by atoms with van der Waals surface area (Å²) in [4.78, 5) is 38.9. The number of nitrogens with zero attached hydrogens (tertiary/aromatic N) is 3. The fourth-order valence-corrected chi connectivity index (χ4v) is 6.59. The first-order valence-corrected chi connectivity index (χ1v) is 13.0. The summed E-state index contributed by atoms with van der Waals surface area (Å²) in [5.41, 5.74) is 4.86. The summed E-state index contributed by atoms with van der Waals surface area (Å²) in [6.07, 6.45) is 7.04. The first kappa shape index (κ1) is 22.5. The van der Waals surface area contributed by atoms with Crippen LogP contribution in [0.25, 0.3) is 10.9 Å².